The van der Waals surface area contributed by atoms with E-state index in [1.165, 1.54) is 19.3 Å². The maximum Gasteiger partial charge on any atom is 0.228 e. The van der Waals surface area contributed by atoms with Gasteiger partial charge in [0.2, 0.25) is 5.91 Å². The lowest BCUT2D eigenvalue weighted by molar-refractivity contribution is -0.141. The fourth-order valence-corrected chi connectivity index (χ4v) is 3.70. The highest BCUT2D eigenvalue weighted by atomic mass is 16.5. The van der Waals surface area contributed by atoms with Gasteiger partial charge in [0.1, 0.15) is 0 Å². The Labute approximate surface area is 116 Å². The fourth-order valence-electron chi connectivity index (χ4n) is 3.70. The van der Waals surface area contributed by atoms with Gasteiger partial charge in [-0.2, -0.15) is 0 Å². The first-order chi connectivity index (χ1) is 9.19. The number of ether oxygens (including phenoxy) is 1. The van der Waals surface area contributed by atoms with Gasteiger partial charge in [-0.05, 0) is 45.6 Å². The van der Waals surface area contributed by atoms with Crippen molar-refractivity contribution < 1.29 is 9.53 Å². The van der Waals surface area contributed by atoms with E-state index in [9.17, 15) is 4.79 Å². The Morgan fingerprint density at radius 3 is 2.63 bits per heavy atom. The van der Waals surface area contributed by atoms with Crippen molar-refractivity contribution in [3.05, 3.63) is 0 Å². The van der Waals surface area contributed by atoms with Gasteiger partial charge in [0.15, 0.2) is 0 Å². The molecule has 0 bridgehead atoms. The minimum atomic E-state index is 0.0558. The van der Waals surface area contributed by atoms with E-state index in [0.717, 1.165) is 26.0 Å². The molecule has 4 unspecified atom stereocenters. The summed E-state index contributed by atoms with van der Waals surface area (Å²) in [5, 5.41) is 0. The van der Waals surface area contributed by atoms with E-state index in [1.54, 1.807) is 0 Å². The van der Waals surface area contributed by atoms with E-state index < -0.39 is 0 Å². The molecule has 0 radical (unpaired) electrons. The number of carbonyl (C=O) groups is 1. The molecule has 2 aliphatic rings. The molecule has 4 nitrogen and oxygen atoms in total. The van der Waals surface area contributed by atoms with Crippen LogP contribution in [0.4, 0.5) is 0 Å². The normalized spacial score (nSPS) is 35.3. The van der Waals surface area contributed by atoms with E-state index in [1.807, 2.05) is 6.92 Å². The molecule has 110 valence electrons. The molecule has 1 aliphatic heterocycles. The summed E-state index contributed by atoms with van der Waals surface area (Å²) in [6, 6.07) is 0.351. The number of nitrogens with zero attached hydrogens (tertiary/aromatic N) is 1. The lowest BCUT2D eigenvalue weighted by Gasteiger charge is -2.40. The number of nitrogens with two attached hydrogens (primary N) is 1. The third kappa shape index (κ3) is 3.11. The molecule has 2 N–H and O–H groups in total. The molecule has 0 aromatic rings. The molecule has 2 rings (SSSR count). The summed E-state index contributed by atoms with van der Waals surface area (Å²) >= 11 is 0. The van der Waals surface area contributed by atoms with Gasteiger partial charge in [0, 0.05) is 19.2 Å². The predicted octanol–water partition coefficient (Wildman–Crippen LogP) is 1.78. The van der Waals surface area contributed by atoms with Crippen molar-refractivity contribution in [2.75, 3.05) is 19.7 Å². The van der Waals surface area contributed by atoms with Crippen LogP contribution in [-0.2, 0) is 9.53 Å². The zero-order valence-corrected chi connectivity index (χ0v) is 12.3. The van der Waals surface area contributed by atoms with Crippen LogP contribution in [0.25, 0.3) is 0 Å². The molecule has 4 heteroatoms. The number of hydrogen-bond donors (Lipinski definition) is 1. The molecule has 2 fully saturated rings. The number of hydrogen-bond acceptors (Lipinski definition) is 3. The molecular formula is C15H28N2O2. The molecule has 1 aliphatic carbocycles. The molecule has 0 aromatic carbocycles. The second kappa shape index (κ2) is 6.71. The van der Waals surface area contributed by atoms with Crippen LogP contribution in [0, 0.1) is 11.8 Å². The van der Waals surface area contributed by atoms with Gasteiger partial charge in [-0.25, -0.2) is 0 Å². The van der Waals surface area contributed by atoms with Gasteiger partial charge in [-0.1, -0.05) is 12.8 Å². The maximum absolute atomic E-state index is 12.8. The fraction of sp³-hybridized carbons (Fsp3) is 0.933. The standard InChI is InChI=1S/C15H28N2O2/c1-3-17(14-7-5-4-6-12(14)10-16)15(18)13-8-9-19-11(13)2/h11-14H,3-10,16H2,1-2H3. The van der Waals surface area contributed by atoms with Crippen molar-refractivity contribution in [2.24, 2.45) is 17.6 Å². The summed E-state index contributed by atoms with van der Waals surface area (Å²) in [6.07, 6.45) is 5.71. The summed E-state index contributed by atoms with van der Waals surface area (Å²) in [5.74, 6) is 0.827. The summed E-state index contributed by atoms with van der Waals surface area (Å²) in [7, 11) is 0. The SMILES string of the molecule is CCN(C(=O)C1CCOC1C)C1CCCCC1CN. The maximum atomic E-state index is 12.8. The van der Waals surface area contributed by atoms with Crippen LogP contribution in [-0.4, -0.2) is 42.6 Å². The highest BCUT2D eigenvalue weighted by molar-refractivity contribution is 5.80. The second-order valence-electron chi connectivity index (χ2n) is 5.94. The number of carbonyl (C=O) groups excluding carboxylic acids is 1. The zero-order chi connectivity index (χ0) is 13.8. The average molecular weight is 268 g/mol. The first-order valence-corrected chi connectivity index (χ1v) is 7.81. The van der Waals surface area contributed by atoms with Crippen LogP contribution in [0.1, 0.15) is 46.0 Å². The summed E-state index contributed by atoms with van der Waals surface area (Å²) < 4.78 is 5.55. The van der Waals surface area contributed by atoms with Crippen LogP contribution in [0.5, 0.6) is 0 Å². The van der Waals surface area contributed by atoms with Crippen molar-refractivity contribution >= 4 is 5.91 Å². The van der Waals surface area contributed by atoms with Crippen LogP contribution in [0.2, 0.25) is 0 Å². The monoisotopic (exact) mass is 268 g/mol. The minimum absolute atomic E-state index is 0.0558. The molecule has 1 saturated carbocycles. The van der Waals surface area contributed by atoms with Crippen molar-refractivity contribution in [2.45, 2.75) is 58.1 Å². The average Bonchev–Trinajstić information content (AvgIpc) is 2.86. The molecule has 4 atom stereocenters. The Morgan fingerprint density at radius 1 is 1.32 bits per heavy atom. The molecule has 0 aromatic heterocycles. The van der Waals surface area contributed by atoms with E-state index >= 15 is 0 Å². The summed E-state index contributed by atoms with van der Waals surface area (Å²) in [4.78, 5) is 14.8. The smallest absolute Gasteiger partial charge is 0.228 e. The molecule has 0 spiro atoms. The third-order valence-corrected chi connectivity index (χ3v) is 4.89. The second-order valence-corrected chi connectivity index (χ2v) is 5.94. The van der Waals surface area contributed by atoms with Gasteiger partial charge in [-0.15, -0.1) is 0 Å². The van der Waals surface area contributed by atoms with Crippen molar-refractivity contribution in [1.82, 2.24) is 4.90 Å². The van der Waals surface area contributed by atoms with Crippen LogP contribution in [0.3, 0.4) is 0 Å². The molecule has 1 amide bonds. The first kappa shape index (κ1) is 14.8. The van der Waals surface area contributed by atoms with Gasteiger partial charge in [-0.3, -0.25) is 4.79 Å². The van der Waals surface area contributed by atoms with Crippen molar-refractivity contribution in [3.63, 3.8) is 0 Å². The largest absolute Gasteiger partial charge is 0.378 e. The summed E-state index contributed by atoms with van der Waals surface area (Å²) in [6.45, 7) is 6.32. The van der Waals surface area contributed by atoms with E-state index in [0.29, 0.717) is 18.5 Å². The van der Waals surface area contributed by atoms with Crippen molar-refractivity contribution in [1.29, 1.82) is 0 Å². The molecule has 1 saturated heterocycles. The molecule has 1 heterocycles. The molecule has 19 heavy (non-hydrogen) atoms. The molecular weight excluding hydrogens is 240 g/mol. The first-order valence-electron chi connectivity index (χ1n) is 7.81. The van der Waals surface area contributed by atoms with Gasteiger partial charge in [0.25, 0.3) is 0 Å². The topological polar surface area (TPSA) is 55.6 Å². The highest BCUT2D eigenvalue weighted by Gasteiger charge is 2.38. The van der Waals surface area contributed by atoms with Crippen LogP contribution >= 0.6 is 0 Å². The third-order valence-electron chi connectivity index (χ3n) is 4.89. The Bertz CT molecular complexity index is 309. The van der Waals surface area contributed by atoms with E-state index in [4.69, 9.17) is 10.5 Å². The Kier molecular flexibility index (Phi) is 5.22. The number of amides is 1. The lowest BCUT2D eigenvalue weighted by atomic mass is 9.83. The van der Waals surface area contributed by atoms with E-state index in [2.05, 4.69) is 11.8 Å². The quantitative estimate of drug-likeness (QED) is 0.845. The van der Waals surface area contributed by atoms with Gasteiger partial charge >= 0.3 is 0 Å². The van der Waals surface area contributed by atoms with Gasteiger partial charge < -0.3 is 15.4 Å². The van der Waals surface area contributed by atoms with Crippen LogP contribution < -0.4 is 5.73 Å². The zero-order valence-electron chi connectivity index (χ0n) is 12.3. The predicted molar refractivity (Wildman–Crippen MR) is 75.7 cm³/mol. The Morgan fingerprint density at radius 2 is 2.05 bits per heavy atom. The highest BCUT2D eigenvalue weighted by Crippen LogP contribution is 2.31. The van der Waals surface area contributed by atoms with E-state index in [-0.39, 0.29) is 17.9 Å². The summed E-state index contributed by atoms with van der Waals surface area (Å²) in [5.41, 5.74) is 5.90. The van der Waals surface area contributed by atoms with Crippen LogP contribution in [0.15, 0.2) is 0 Å². The lowest BCUT2D eigenvalue weighted by Crippen LogP contribution is -2.50. The minimum Gasteiger partial charge on any atom is -0.378 e. The van der Waals surface area contributed by atoms with Gasteiger partial charge in [0.05, 0.1) is 12.0 Å². The van der Waals surface area contributed by atoms with Crippen molar-refractivity contribution in [3.8, 4) is 0 Å². The Hall–Kier alpha value is -0.610. The number of rotatable bonds is 4. The Balaban J connectivity index is 2.07.